The lowest BCUT2D eigenvalue weighted by Crippen LogP contribution is -2.25. The number of rotatable bonds is 7. The second-order valence-electron chi connectivity index (χ2n) is 6.01. The maximum absolute atomic E-state index is 13.0. The summed E-state index contributed by atoms with van der Waals surface area (Å²) in [5, 5.41) is 10.3. The van der Waals surface area contributed by atoms with Crippen LogP contribution in [0, 0.1) is 5.41 Å². The number of methoxy groups -OCH3 is 1. The zero-order valence-corrected chi connectivity index (χ0v) is 15.3. The van der Waals surface area contributed by atoms with Crippen LogP contribution in [0.4, 0.5) is 5.82 Å². The number of hydrogen-bond acceptors (Lipinski definition) is 5. The highest BCUT2D eigenvalue weighted by molar-refractivity contribution is 6.10. The number of ether oxygens (including phenoxy) is 1. The normalized spacial score (nSPS) is 13.6. The smallest absolute Gasteiger partial charge is 0.260 e. The van der Waals surface area contributed by atoms with E-state index in [-0.39, 0.29) is 11.7 Å². The Bertz CT molecular complexity index is 909. The molecule has 0 saturated heterocycles. The topological polar surface area (TPSA) is 117 Å². The fourth-order valence-electron chi connectivity index (χ4n) is 3.03. The van der Waals surface area contributed by atoms with Crippen LogP contribution >= 0.6 is 0 Å². The Morgan fingerprint density at radius 1 is 1.48 bits per heavy atom. The van der Waals surface area contributed by atoms with E-state index >= 15 is 0 Å². The highest BCUT2D eigenvalue weighted by Gasteiger charge is 2.32. The SMILES string of the molecule is CCNCc1cc(OC)cc2c1CN(c1cccc(C(N)=NC=N)n1)C2=O. The van der Waals surface area contributed by atoms with E-state index in [0.29, 0.717) is 35.9 Å². The van der Waals surface area contributed by atoms with Crippen molar-refractivity contribution >= 4 is 23.9 Å². The summed E-state index contributed by atoms with van der Waals surface area (Å²) < 4.78 is 5.36. The van der Waals surface area contributed by atoms with Gasteiger partial charge in [-0.25, -0.2) is 9.98 Å². The van der Waals surface area contributed by atoms with Gasteiger partial charge in [-0.05, 0) is 41.9 Å². The Balaban J connectivity index is 1.98. The van der Waals surface area contributed by atoms with E-state index in [1.807, 2.05) is 13.0 Å². The van der Waals surface area contributed by atoms with E-state index in [4.69, 9.17) is 15.9 Å². The molecule has 1 aromatic carbocycles. The predicted octanol–water partition coefficient (Wildman–Crippen LogP) is 1.67. The van der Waals surface area contributed by atoms with Gasteiger partial charge in [0.15, 0.2) is 5.84 Å². The van der Waals surface area contributed by atoms with Crippen LogP contribution in [0.1, 0.15) is 34.1 Å². The molecule has 2 aromatic rings. The summed E-state index contributed by atoms with van der Waals surface area (Å²) in [6.45, 7) is 3.95. The first-order chi connectivity index (χ1) is 13.1. The molecule has 0 unspecified atom stereocenters. The molecule has 140 valence electrons. The number of carbonyl (C=O) groups excluding carboxylic acids is 1. The molecule has 1 amide bonds. The second kappa shape index (κ2) is 7.96. The number of benzene rings is 1. The largest absolute Gasteiger partial charge is 0.497 e. The number of nitrogens with one attached hydrogen (secondary N) is 2. The summed E-state index contributed by atoms with van der Waals surface area (Å²) in [4.78, 5) is 22.8. The van der Waals surface area contributed by atoms with Crippen LogP contribution in [0.25, 0.3) is 0 Å². The van der Waals surface area contributed by atoms with Gasteiger partial charge in [-0.15, -0.1) is 0 Å². The van der Waals surface area contributed by atoms with Crippen LogP contribution in [0.3, 0.4) is 0 Å². The molecule has 0 bridgehead atoms. The number of amides is 1. The van der Waals surface area contributed by atoms with Gasteiger partial charge in [0.1, 0.15) is 23.6 Å². The van der Waals surface area contributed by atoms with Crippen molar-refractivity contribution in [3.05, 3.63) is 52.7 Å². The van der Waals surface area contributed by atoms with E-state index in [0.717, 1.165) is 24.0 Å². The quantitative estimate of drug-likeness (QED) is 0.509. The van der Waals surface area contributed by atoms with Crippen LogP contribution < -0.4 is 20.7 Å². The number of nitrogens with zero attached hydrogens (tertiary/aromatic N) is 3. The summed E-state index contributed by atoms with van der Waals surface area (Å²) in [6, 6.07) is 8.93. The van der Waals surface area contributed by atoms with Gasteiger partial charge in [0.2, 0.25) is 0 Å². The maximum Gasteiger partial charge on any atom is 0.260 e. The number of anilines is 1. The molecule has 1 aliphatic rings. The third kappa shape index (κ3) is 3.65. The number of aromatic nitrogens is 1. The van der Waals surface area contributed by atoms with Crippen molar-refractivity contribution in [1.29, 1.82) is 5.41 Å². The molecule has 0 saturated carbocycles. The van der Waals surface area contributed by atoms with Gasteiger partial charge in [0.25, 0.3) is 5.91 Å². The van der Waals surface area contributed by atoms with Gasteiger partial charge < -0.3 is 15.8 Å². The second-order valence-corrected chi connectivity index (χ2v) is 6.01. The predicted molar refractivity (Wildman–Crippen MR) is 105 cm³/mol. The number of aliphatic imine (C=N–C) groups is 1. The lowest BCUT2D eigenvalue weighted by molar-refractivity contribution is 0.0995. The zero-order chi connectivity index (χ0) is 19.4. The Kier molecular flexibility index (Phi) is 5.46. The minimum atomic E-state index is -0.131. The van der Waals surface area contributed by atoms with E-state index < -0.39 is 0 Å². The molecule has 0 atom stereocenters. The molecule has 2 heterocycles. The minimum Gasteiger partial charge on any atom is -0.497 e. The van der Waals surface area contributed by atoms with Crippen molar-refractivity contribution in [2.24, 2.45) is 10.7 Å². The summed E-state index contributed by atoms with van der Waals surface area (Å²) in [5.41, 5.74) is 8.86. The Morgan fingerprint density at radius 3 is 3.00 bits per heavy atom. The standard InChI is InChI=1S/C19H22N6O2/c1-3-22-9-12-7-13(27-2)8-14-15(12)10-25(19(14)26)17-6-4-5-16(24-17)18(21)23-11-20/h4-8,11,22H,3,9-10H2,1-2H3,(H3,20,21,23). The average molecular weight is 366 g/mol. The fraction of sp³-hybridized carbons (Fsp3) is 0.263. The molecule has 1 aliphatic heterocycles. The molecule has 3 rings (SSSR count). The first kappa shape index (κ1) is 18.5. The van der Waals surface area contributed by atoms with Crippen LogP contribution in [0.5, 0.6) is 5.75 Å². The molecular formula is C19H22N6O2. The first-order valence-electron chi connectivity index (χ1n) is 8.61. The van der Waals surface area contributed by atoms with Crippen LogP contribution in [0.15, 0.2) is 35.3 Å². The van der Waals surface area contributed by atoms with Crippen molar-refractivity contribution in [2.45, 2.75) is 20.0 Å². The Labute approximate surface area is 157 Å². The van der Waals surface area contributed by atoms with Crippen molar-refractivity contribution in [1.82, 2.24) is 10.3 Å². The molecule has 1 aromatic heterocycles. The molecule has 0 spiro atoms. The molecule has 0 radical (unpaired) electrons. The van der Waals surface area contributed by atoms with Gasteiger partial charge in [-0.3, -0.25) is 15.1 Å². The Morgan fingerprint density at radius 2 is 2.30 bits per heavy atom. The van der Waals surface area contributed by atoms with Gasteiger partial charge in [-0.1, -0.05) is 13.0 Å². The number of pyridine rings is 1. The molecule has 0 fully saturated rings. The number of fused-ring (bicyclic) bond motifs is 1. The number of nitrogens with two attached hydrogens (primary N) is 1. The highest BCUT2D eigenvalue weighted by Crippen LogP contribution is 2.33. The van der Waals surface area contributed by atoms with Crippen molar-refractivity contribution in [3.8, 4) is 5.75 Å². The van der Waals surface area contributed by atoms with E-state index in [1.54, 1.807) is 36.3 Å². The molecule has 0 aliphatic carbocycles. The van der Waals surface area contributed by atoms with Crippen molar-refractivity contribution in [3.63, 3.8) is 0 Å². The van der Waals surface area contributed by atoms with Gasteiger partial charge >= 0.3 is 0 Å². The number of carbonyl (C=O) groups is 1. The molecule has 27 heavy (non-hydrogen) atoms. The monoisotopic (exact) mass is 366 g/mol. The maximum atomic E-state index is 13.0. The summed E-state index contributed by atoms with van der Waals surface area (Å²) in [7, 11) is 1.59. The van der Waals surface area contributed by atoms with Gasteiger partial charge in [-0.2, -0.15) is 0 Å². The lowest BCUT2D eigenvalue weighted by Gasteiger charge is -2.15. The lowest BCUT2D eigenvalue weighted by atomic mass is 10.0. The van der Waals surface area contributed by atoms with Gasteiger partial charge in [0, 0.05) is 12.1 Å². The fourth-order valence-corrected chi connectivity index (χ4v) is 3.03. The van der Waals surface area contributed by atoms with E-state index in [2.05, 4.69) is 15.3 Å². The van der Waals surface area contributed by atoms with E-state index in [1.165, 1.54) is 0 Å². The van der Waals surface area contributed by atoms with Gasteiger partial charge in [0.05, 0.1) is 13.7 Å². The third-order valence-corrected chi connectivity index (χ3v) is 4.39. The first-order valence-corrected chi connectivity index (χ1v) is 8.61. The average Bonchev–Trinajstić information content (AvgIpc) is 3.03. The molecule has 8 nitrogen and oxygen atoms in total. The minimum absolute atomic E-state index is 0.130. The summed E-state index contributed by atoms with van der Waals surface area (Å²) >= 11 is 0. The summed E-state index contributed by atoms with van der Waals surface area (Å²) in [5.74, 6) is 1.14. The highest BCUT2D eigenvalue weighted by atomic mass is 16.5. The zero-order valence-electron chi connectivity index (χ0n) is 15.3. The summed E-state index contributed by atoms with van der Waals surface area (Å²) in [6.07, 6.45) is 0.861. The molecule has 8 heteroatoms. The van der Waals surface area contributed by atoms with Crippen LogP contribution in [0.2, 0.25) is 0 Å². The van der Waals surface area contributed by atoms with Crippen molar-refractivity contribution in [2.75, 3.05) is 18.6 Å². The van der Waals surface area contributed by atoms with Crippen molar-refractivity contribution < 1.29 is 9.53 Å². The Hall–Kier alpha value is -3.26. The number of amidine groups is 1. The van der Waals surface area contributed by atoms with Crippen LogP contribution in [-0.2, 0) is 13.1 Å². The molecule has 4 N–H and O–H groups in total. The number of hydrogen-bond donors (Lipinski definition) is 3. The molecular weight excluding hydrogens is 344 g/mol. The van der Waals surface area contributed by atoms with Crippen LogP contribution in [-0.4, -0.2) is 36.7 Å². The third-order valence-electron chi connectivity index (χ3n) is 4.39. The van der Waals surface area contributed by atoms with E-state index in [9.17, 15) is 4.79 Å².